The molecule has 170 valence electrons. The largest absolute Gasteiger partial charge is 1.00 e. The van der Waals surface area contributed by atoms with Crippen molar-refractivity contribution in [2.24, 2.45) is 5.92 Å². The van der Waals surface area contributed by atoms with Crippen molar-refractivity contribution in [1.82, 2.24) is 0 Å². The predicted octanol–water partition coefficient (Wildman–Crippen LogP) is 4.09. The van der Waals surface area contributed by atoms with Gasteiger partial charge >= 0.3 is 5.97 Å². The van der Waals surface area contributed by atoms with Gasteiger partial charge in [0.2, 0.25) is 6.73 Å². The first-order valence-electron chi connectivity index (χ1n) is 12.0. The molecule has 0 unspecified atom stereocenters. The van der Waals surface area contributed by atoms with E-state index in [0.29, 0.717) is 6.73 Å². The molecule has 0 rings (SSSR count). The highest BCUT2D eigenvalue weighted by molar-refractivity contribution is 5.72. The molecule has 4 heteroatoms. The van der Waals surface area contributed by atoms with Gasteiger partial charge in [-0.05, 0) is 19.3 Å². The normalized spacial score (nSPS) is 11.5. The highest BCUT2D eigenvalue weighted by Crippen LogP contribution is 2.21. The first kappa shape index (κ1) is 30.4. The second-order valence-corrected chi connectivity index (χ2v) is 9.06. The Morgan fingerprint density at radius 3 is 1.57 bits per heavy atom. The van der Waals surface area contributed by atoms with Crippen molar-refractivity contribution >= 4 is 5.97 Å². The Hall–Kier alpha value is 0.160. The Bertz CT molecular complexity index is 331. The fourth-order valence-electron chi connectivity index (χ4n) is 3.75. The molecule has 28 heavy (non-hydrogen) atoms. The van der Waals surface area contributed by atoms with Gasteiger partial charge in [0, 0.05) is 0 Å². The molecule has 0 bridgehead atoms. The van der Waals surface area contributed by atoms with E-state index in [-0.39, 0.29) is 35.9 Å². The van der Waals surface area contributed by atoms with Crippen LogP contribution in [0.15, 0.2) is 0 Å². The number of hydrogen-bond acceptors (Lipinski definition) is 2. The van der Waals surface area contributed by atoms with E-state index in [2.05, 4.69) is 34.9 Å². The second kappa shape index (κ2) is 20.4. The number of unbranched alkanes of at least 4 members (excludes halogenated alkanes) is 10. The number of rotatable bonds is 19. The van der Waals surface area contributed by atoms with Crippen molar-refractivity contribution in [2.45, 2.75) is 117 Å². The number of esters is 1. The summed E-state index contributed by atoms with van der Waals surface area (Å²) in [5.74, 6) is 0.170. The third-order valence-corrected chi connectivity index (χ3v) is 5.53. The lowest BCUT2D eigenvalue weighted by Crippen LogP contribution is -3.00. The molecule has 0 aliphatic carbocycles. The van der Waals surface area contributed by atoms with Crippen LogP contribution in [0.25, 0.3) is 0 Å². The first-order valence-corrected chi connectivity index (χ1v) is 12.0. The van der Waals surface area contributed by atoms with Gasteiger partial charge in [-0.3, -0.25) is 9.28 Å². The van der Waals surface area contributed by atoms with Gasteiger partial charge in [0.1, 0.15) is 0 Å². The molecular formula is C24H50INO2. The zero-order valence-electron chi connectivity index (χ0n) is 19.7. The maximum atomic E-state index is 12.7. The Morgan fingerprint density at radius 2 is 1.14 bits per heavy atom. The first-order chi connectivity index (χ1) is 13.0. The molecule has 0 aromatic carbocycles. The summed E-state index contributed by atoms with van der Waals surface area (Å²) in [5.41, 5.74) is 0. The maximum absolute atomic E-state index is 12.7. The smallest absolute Gasteiger partial charge is 0.313 e. The Kier molecular flexibility index (Phi) is 22.2. The SMILES string of the molecule is CCCCCCCCC(CCCCCCCC)C(=O)OC[N+](C)(C)CCC.[I-]. The van der Waals surface area contributed by atoms with Crippen LogP contribution in [0.3, 0.4) is 0 Å². The molecule has 0 aromatic heterocycles. The van der Waals surface area contributed by atoms with Gasteiger partial charge in [0.25, 0.3) is 0 Å². The number of quaternary nitrogens is 1. The highest BCUT2D eigenvalue weighted by Gasteiger charge is 2.23. The second-order valence-electron chi connectivity index (χ2n) is 9.06. The van der Waals surface area contributed by atoms with Gasteiger partial charge in [-0.25, -0.2) is 0 Å². The molecule has 0 aliphatic heterocycles. The molecular weight excluding hydrogens is 461 g/mol. The fourth-order valence-corrected chi connectivity index (χ4v) is 3.75. The van der Waals surface area contributed by atoms with E-state index in [4.69, 9.17) is 4.74 Å². The summed E-state index contributed by atoms with van der Waals surface area (Å²) in [6.07, 6.45) is 18.6. The van der Waals surface area contributed by atoms with Crippen molar-refractivity contribution in [1.29, 1.82) is 0 Å². The van der Waals surface area contributed by atoms with Crippen LogP contribution in [0, 0.1) is 5.92 Å². The van der Waals surface area contributed by atoms with E-state index in [1.54, 1.807) is 0 Å². The summed E-state index contributed by atoms with van der Waals surface area (Å²) in [6.45, 7) is 8.25. The minimum Gasteiger partial charge on any atom is -1.00 e. The maximum Gasteiger partial charge on any atom is 0.313 e. The monoisotopic (exact) mass is 511 g/mol. The van der Waals surface area contributed by atoms with E-state index in [0.717, 1.165) is 30.3 Å². The van der Waals surface area contributed by atoms with E-state index < -0.39 is 0 Å². The summed E-state index contributed by atoms with van der Waals surface area (Å²) < 4.78 is 6.51. The minimum atomic E-state index is 0. The molecule has 0 aliphatic rings. The number of hydrogen-bond donors (Lipinski definition) is 0. The van der Waals surface area contributed by atoms with Crippen LogP contribution in [-0.2, 0) is 9.53 Å². The predicted molar refractivity (Wildman–Crippen MR) is 118 cm³/mol. The zero-order chi connectivity index (χ0) is 20.4. The topological polar surface area (TPSA) is 26.3 Å². The van der Waals surface area contributed by atoms with Crippen LogP contribution in [0.5, 0.6) is 0 Å². The lowest BCUT2D eigenvalue weighted by atomic mass is 9.94. The zero-order valence-corrected chi connectivity index (χ0v) is 21.9. The van der Waals surface area contributed by atoms with Gasteiger partial charge in [-0.1, -0.05) is 97.8 Å². The summed E-state index contributed by atoms with van der Waals surface area (Å²) in [7, 11) is 4.29. The van der Waals surface area contributed by atoms with Crippen molar-refractivity contribution in [3.05, 3.63) is 0 Å². The Morgan fingerprint density at radius 1 is 0.714 bits per heavy atom. The summed E-state index contributed by atoms with van der Waals surface area (Å²) >= 11 is 0. The van der Waals surface area contributed by atoms with E-state index >= 15 is 0 Å². The van der Waals surface area contributed by atoms with E-state index in [1.165, 1.54) is 77.0 Å². The van der Waals surface area contributed by atoms with Gasteiger partial charge in [0.15, 0.2) is 0 Å². The molecule has 3 nitrogen and oxygen atoms in total. The summed E-state index contributed by atoms with van der Waals surface area (Å²) in [4.78, 5) is 12.7. The average Bonchev–Trinajstić information content (AvgIpc) is 2.63. The number of carbonyl (C=O) groups is 1. The minimum absolute atomic E-state index is 0. The van der Waals surface area contributed by atoms with Crippen molar-refractivity contribution in [3.63, 3.8) is 0 Å². The van der Waals surface area contributed by atoms with Gasteiger partial charge in [-0.15, -0.1) is 0 Å². The van der Waals surface area contributed by atoms with Crippen LogP contribution in [-0.4, -0.2) is 37.8 Å². The van der Waals surface area contributed by atoms with Crippen molar-refractivity contribution in [3.8, 4) is 0 Å². The number of ether oxygens (including phenoxy) is 1. The number of halogens is 1. The molecule has 0 saturated heterocycles. The van der Waals surface area contributed by atoms with E-state index in [1.807, 2.05) is 0 Å². The third kappa shape index (κ3) is 18.2. The van der Waals surface area contributed by atoms with Crippen LogP contribution in [0.4, 0.5) is 0 Å². The molecule has 0 N–H and O–H groups in total. The summed E-state index contributed by atoms with van der Waals surface area (Å²) in [6, 6.07) is 0. The molecule has 0 saturated carbocycles. The molecule has 0 radical (unpaired) electrons. The lowest BCUT2D eigenvalue weighted by Gasteiger charge is -2.29. The van der Waals surface area contributed by atoms with Crippen molar-refractivity contribution in [2.75, 3.05) is 27.4 Å². The third-order valence-electron chi connectivity index (χ3n) is 5.53. The van der Waals surface area contributed by atoms with Crippen LogP contribution >= 0.6 is 0 Å². The lowest BCUT2D eigenvalue weighted by molar-refractivity contribution is -0.907. The highest BCUT2D eigenvalue weighted by atomic mass is 127. The Balaban J connectivity index is 0. The Labute approximate surface area is 194 Å². The molecule has 0 amide bonds. The van der Waals surface area contributed by atoms with Gasteiger partial charge in [0.05, 0.1) is 26.6 Å². The molecule has 0 aromatic rings. The average molecular weight is 512 g/mol. The molecule has 0 spiro atoms. The molecule has 0 heterocycles. The summed E-state index contributed by atoms with van der Waals surface area (Å²) in [5, 5.41) is 0. The van der Waals surface area contributed by atoms with Gasteiger partial charge < -0.3 is 28.7 Å². The van der Waals surface area contributed by atoms with Gasteiger partial charge in [-0.2, -0.15) is 0 Å². The fraction of sp³-hybridized carbons (Fsp3) is 0.958. The van der Waals surface area contributed by atoms with Crippen LogP contribution in [0.2, 0.25) is 0 Å². The number of nitrogens with zero attached hydrogens (tertiary/aromatic N) is 1. The van der Waals surface area contributed by atoms with Crippen molar-refractivity contribution < 1.29 is 38.0 Å². The van der Waals surface area contributed by atoms with Crippen LogP contribution in [0.1, 0.15) is 117 Å². The van der Waals surface area contributed by atoms with Crippen LogP contribution < -0.4 is 24.0 Å². The standard InChI is InChI=1S/C24H50NO2.HI/c1-6-9-11-13-15-17-19-23(20-18-16-14-12-10-7-2)24(26)27-22-25(4,5)21-8-3;/h23H,6-22H2,1-5H3;1H/q+1;/p-1. The van der Waals surface area contributed by atoms with E-state index in [9.17, 15) is 4.79 Å². The number of carbonyl (C=O) groups excluding carboxylic acids is 1. The quantitative estimate of drug-likeness (QED) is 0.0859. The molecule has 0 fully saturated rings. The molecule has 0 atom stereocenters.